The van der Waals surface area contributed by atoms with Gasteiger partial charge in [-0.1, -0.05) is 26.8 Å². The molecule has 2 aromatic heterocycles. The van der Waals surface area contributed by atoms with Gasteiger partial charge in [0.2, 0.25) is 11.8 Å². The number of benzene rings is 1. The molecule has 1 amide bonds. The Kier molecular flexibility index (Phi) is 6.17. The van der Waals surface area contributed by atoms with Crippen LogP contribution in [0.2, 0.25) is 0 Å². The number of nitrogens with zero attached hydrogens (tertiary/aromatic N) is 3. The van der Waals surface area contributed by atoms with E-state index in [-0.39, 0.29) is 22.5 Å². The van der Waals surface area contributed by atoms with E-state index in [0.29, 0.717) is 47.6 Å². The van der Waals surface area contributed by atoms with Gasteiger partial charge in [0.1, 0.15) is 22.9 Å². The summed E-state index contributed by atoms with van der Waals surface area (Å²) in [4.78, 5) is 22.9. The molecule has 7 nitrogen and oxygen atoms in total. The zero-order valence-electron chi connectivity index (χ0n) is 19.0. The van der Waals surface area contributed by atoms with E-state index >= 15 is 0 Å². The number of sulfone groups is 1. The molecule has 33 heavy (non-hydrogen) atoms. The minimum absolute atomic E-state index is 0.0711. The van der Waals surface area contributed by atoms with Gasteiger partial charge in [0, 0.05) is 54.1 Å². The van der Waals surface area contributed by atoms with Crippen molar-refractivity contribution >= 4 is 37.3 Å². The van der Waals surface area contributed by atoms with Crippen molar-refractivity contribution in [1.82, 2.24) is 14.9 Å². The van der Waals surface area contributed by atoms with E-state index < -0.39 is 21.1 Å². The van der Waals surface area contributed by atoms with Gasteiger partial charge in [0.05, 0.1) is 10.4 Å². The monoisotopic (exact) mass is 491 g/mol. The SMILES string of the molecule is CC(C)(C)C(=O)N1CCC(Oc2ncnc3c(-c4ccc(S(C)(=O)=O)cc4F)csc23)CC1. The third-order valence-electron chi connectivity index (χ3n) is 5.63. The number of likely N-dealkylation sites (tertiary alicyclic amines) is 1. The summed E-state index contributed by atoms with van der Waals surface area (Å²) in [6, 6.07) is 3.87. The highest BCUT2D eigenvalue weighted by molar-refractivity contribution is 7.90. The molecule has 1 aliphatic rings. The number of hydrogen-bond acceptors (Lipinski definition) is 7. The first-order valence-corrected chi connectivity index (χ1v) is 13.4. The highest BCUT2D eigenvalue weighted by Crippen LogP contribution is 2.38. The number of halogens is 1. The number of aromatic nitrogens is 2. The van der Waals surface area contributed by atoms with Gasteiger partial charge < -0.3 is 9.64 Å². The van der Waals surface area contributed by atoms with Crippen LogP contribution in [0, 0.1) is 11.2 Å². The molecule has 0 unspecified atom stereocenters. The fourth-order valence-corrected chi connectivity index (χ4v) is 5.44. The number of hydrogen-bond donors (Lipinski definition) is 0. The Balaban J connectivity index is 1.55. The summed E-state index contributed by atoms with van der Waals surface area (Å²) in [6.07, 6.45) is 3.75. The van der Waals surface area contributed by atoms with Crippen molar-refractivity contribution in [3.63, 3.8) is 0 Å². The van der Waals surface area contributed by atoms with Gasteiger partial charge in [-0.2, -0.15) is 0 Å². The minimum Gasteiger partial charge on any atom is -0.473 e. The largest absolute Gasteiger partial charge is 0.473 e. The smallest absolute Gasteiger partial charge is 0.235 e. The topological polar surface area (TPSA) is 89.5 Å². The molecule has 1 aliphatic heterocycles. The normalized spacial score (nSPS) is 15.7. The summed E-state index contributed by atoms with van der Waals surface area (Å²) in [5, 5.41) is 1.77. The number of thiophene rings is 1. The van der Waals surface area contributed by atoms with E-state index in [4.69, 9.17) is 4.74 Å². The lowest BCUT2D eigenvalue weighted by molar-refractivity contribution is -0.141. The number of carbonyl (C=O) groups is 1. The predicted molar refractivity (Wildman–Crippen MR) is 126 cm³/mol. The van der Waals surface area contributed by atoms with Crippen LogP contribution in [0.15, 0.2) is 34.8 Å². The van der Waals surface area contributed by atoms with Crippen LogP contribution >= 0.6 is 11.3 Å². The maximum Gasteiger partial charge on any atom is 0.235 e. The number of amides is 1. The Morgan fingerprint density at radius 3 is 2.48 bits per heavy atom. The van der Waals surface area contributed by atoms with E-state index in [1.807, 2.05) is 25.7 Å². The standard InChI is InChI=1S/C23H26FN3O4S2/c1-23(2,3)22(28)27-9-7-14(8-10-27)31-21-20-19(25-13-26-21)17(12-32-20)16-6-5-15(11-18(16)24)33(4,29)30/h5-6,11-14H,7-10H2,1-4H3. The van der Waals surface area contributed by atoms with Crippen LogP contribution < -0.4 is 4.74 Å². The van der Waals surface area contributed by atoms with Gasteiger partial charge in [-0.15, -0.1) is 11.3 Å². The van der Waals surface area contributed by atoms with Gasteiger partial charge in [-0.05, 0) is 12.1 Å². The maximum absolute atomic E-state index is 14.8. The fourth-order valence-electron chi connectivity index (χ4n) is 3.86. The van der Waals surface area contributed by atoms with Crippen LogP contribution in [-0.2, 0) is 14.6 Å². The van der Waals surface area contributed by atoms with Crippen LogP contribution in [0.1, 0.15) is 33.6 Å². The molecule has 176 valence electrons. The van der Waals surface area contributed by atoms with Crippen molar-refractivity contribution in [3.8, 4) is 17.0 Å². The fraction of sp³-hybridized carbons (Fsp3) is 0.435. The minimum atomic E-state index is -3.50. The highest BCUT2D eigenvalue weighted by atomic mass is 32.2. The number of rotatable bonds is 4. The van der Waals surface area contributed by atoms with E-state index in [1.165, 1.54) is 29.8 Å². The van der Waals surface area contributed by atoms with Crippen molar-refractivity contribution < 1.29 is 22.3 Å². The van der Waals surface area contributed by atoms with E-state index in [9.17, 15) is 17.6 Å². The number of fused-ring (bicyclic) bond motifs is 1. The Morgan fingerprint density at radius 1 is 1.18 bits per heavy atom. The first kappa shape index (κ1) is 23.6. The molecule has 3 heterocycles. The molecule has 0 bridgehead atoms. The van der Waals surface area contributed by atoms with Crippen LogP contribution in [0.25, 0.3) is 21.3 Å². The number of ether oxygens (including phenoxy) is 1. The molecule has 1 fully saturated rings. The Hall–Kier alpha value is -2.59. The predicted octanol–water partition coefficient (Wildman–Crippen LogP) is 4.32. The molecule has 1 aromatic carbocycles. The van der Waals surface area contributed by atoms with Crippen molar-refractivity contribution in [3.05, 3.63) is 35.7 Å². The van der Waals surface area contributed by atoms with E-state index in [1.54, 1.807) is 5.38 Å². The molecule has 4 rings (SSSR count). The Morgan fingerprint density at radius 2 is 1.88 bits per heavy atom. The molecular formula is C23H26FN3O4S2. The Bertz CT molecular complexity index is 1310. The molecule has 0 N–H and O–H groups in total. The summed E-state index contributed by atoms with van der Waals surface area (Å²) < 4.78 is 45.1. The summed E-state index contributed by atoms with van der Waals surface area (Å²) in [5.74, 6) is -0.0585. The third kappa shape index (κ3) is 4.86. The molecule has 0 atom stereocenters. The molecule has 1 saturated heterocycles. The van der Waals surface area contributed by atoms with Gasteiger partial charge >= 0.3 is 0 Å². The van der Waals surface area contributed by atoms with E-state index in [2.05, 4.69) is 9.97 Å². The third-order valence-corrected chi connectivity index (χ3v) is 7.70. The first-order chi connectivity index (χ1) is 15.4. The second-order valence-electron chi connectivity index (χ2n) is 9.28. The molecule has 10 heteroatoms. The first-order valence-electron chi connectivity index (χ1n) is 10.6. The molecule has 0 spiro atoms. The molecule has 0 aliphatic carbocycles. The van der Waals surface area contributed by atoms with Gasteiger partial charge in [0.25, 0.3) is 0 Å². The average molecular weight is 492 g/mol. The zero-order chi connectivity index (χ0) is 24.0. The molecule has 3 aromatic rings. The van der Waals surface area contributed by atoms with Crippen LogP contribution in [0.4, 0.5) is 4.39 Å². The van der Waals surface area contributed by atoms with Crippen LogP contribution in [-0.4, -0.2) is 54.6 Å². The number of piperidine rings is 1. The molecule has 0 saturated carbocycles. The zero-order valence-corrected chi connectivity index (χ0v) is 20.6. The van der Waals surface area contributed by atoms with Crippen molar-refractivity contribution in [1.29, 1.82) is 0 Å². The summed E-state index contributed by atoms with van der Waals surface area (Å²) in [6.45, 7) is 7.01. The molecule has 0 radical (unpaired) electrons. The second kappa shape index (κ2) is 8.64. The van der Waals surface area contributed by atoms with Gasteiger partial charge in [0.15, 0.2) is 9.84 Å². The maximum atomic E-state index is 14.8. The molecular weight excluding hydrogens is 465 g/mol. The highest BCUT2D eigenvalue weighted by Gasteiger charge is 2.31. The van der Waals surface area contributed by atoms with Crippen molar-refractivity contribution in [2.24, 2.45) is 5.41 Å². The lowest BCUT2D eigenvalue weighted by Crippen LogP contribution is -2.46. The summed E-state index contributed by atoms with van der Waals surface area (Å²) in [5.41, 5.74) is 0.975. The Labute approximate surface area is 196 Å². The van der Waals surface area contributed by atoms with Crippen LogP contribution in [0.5, 0.6) is 5.88 Å². The van der Waals surface area contributed by atoms with Crippen LogP contribution in [0.3, 0.4) is 0 Å². The van der Waals surface area contributed by atoms with Gasteiger partial charge in [-0.3, -0.25) is 4.79 Å². The second-order valence-corrected chi connectivity index (χ2v) is 12.2. The average Bonchev–Trinajstić information content (AvgIpc) is 3.17. The van der Waals surface area contributed by atoms with Crippen molar-refractivity contribution in [2.75, 3.05) is 19.3 Å². The number of carbonyl (C=O) groups excluding carboxylic acids is 1. The quantitative estimate of drug-likeness (QED) is 0.540. The lowest BCUT2D eigenvalue weighted by Gasteiger charge is -2.35. The summed E-state index contributed by atoms with van der Waals surface area (Å²) in [7, 11) is -3.50. The van der Waals surface area contributed by atoms with E-state index in [0.717, 1.165) is 12.3 Å². The lowest BCUT2D eigenvalue weighted by atomic mass is 9.93. The van der Waals surface area contributed by atoms with Gasteiger partial charge in [-0.25, -0.2) is 22.8 Å². The summed E-state index contributed by atoms with van der Waals surface area (Å²) >= 11 is 1.35. The van der Waals surface area contributed by atoms with Crippen molar-refractivity contribution in [2.45, 2.75) is 44.6 Å².